The van der Waals surface area contributed by atoms with Gasteiger partial charge in [0.15, 0.2) is 6.10 Å². The van der Waals surface area contributed by atoms with Gasteiger partial charge >= 0.3 is 17.9 Å². The van der Waals surface area contributed by atoms with Crippen molar-refractivity contribution in [2.24, 2.45) is 0 Å². The van der Waals surface area contributed by atoms with Gasteiger partial charge in [0, 0.05) is 19.3 Å². The van der Waals surface area contributed by atoms with Crippen molar-refractivity contribution >= 4 is 17.9 Å². The molecule has 0 N–H and O–H groups in total. The quantitative estimate of drug-likeness (QED) is 0.0262. The van der Waals surface area contributed by atoms with Crippen molar-refractivity contribution < 1.29 is 28.6 Å². The molecule has 0 aromatic carbocycles. The van der Waals surface area contributed by atoms with Crippen molar-refractivity contribution in [2.45, 2.75) is 316 Å². The van der Waals surface area contributed by atoms with Crippen LogP contribution in [-0.2, 0) is 28.6 Å². The normalized spacial score (nSPS) is 12.3. The Hall–Kier alpha value is -2.63. The predicted molar refractivity (Wildman–Crippen MR) is 293 cm³/mol. The largest absolute Gasteiger partial charge is 0.462 e. The lowest BCUT2D eigenvalue weighted by Gasteiger charge is -2.18. The fourth-order valence-corrected chi connectivity index (χ4v) is 8.52. The molecule has 1 unspecified atom stereocenters. The van der Waals surface area contributed by atoms with Gasteiger partial charge < -0.3 is 14.2 Å². The van der Waals surface area contributed by atoms with E-state index in [1.807, 2.05) is 0 Å². The predicted octanol–water partition coefficient (Wildman–Crippen LogP) is 19.8. The Morgan fingerprint density at radius 3 is 0.838 bits per heavy atom. The van der Waals surface area contributed by atoms with Crippen LogP contribution in [0.15, 0.2) is 48.6 Å². The van der Waals surface area contributed by atoms with Crippen LogP contribution in [0.1, 0.15) is 310 Å². The van der Waals surface area contributed by atoms with Crippen molar-refractivity contribution in [2.75, 3.05) is 13.2 Å². The summed E-state index contributed by atoms with van der Waals surface area (Å²) in [4.78, 5) is 38.1. The van der Waals surface area contributed by atoms with E-state index >= 15 is 0 Å². The molecule has 0 aliphatic carbocycles. The van der Waals surface area contributed by atoms with Crippen molar-refractivity contribution in [3.05, 3.63) is 48.6 Å². The lowest BCUT2D eigenvalue weighted by atomic mass is 10.0. The lowest BCUT2D eigenvalue weighted by molar-refractivity contribution is -0.167. The summed E-state index contributed by atoms with van der Waals surface area (Å²) in [5.74, 6) is -0.885. The molecular weight excluding hydrogens is 841 g/mol. The Labute approximate surface area is 422 Å². The summed E-state index contributed by atoms with van der Waals surface area (Å²) in [5, 5.41) is 0. The van der Waals surface area contributed by atoms with Gasteiger partial charge in [-0.1, -0.05) is 236 Å². The fraction of sp³-hybridized carbons (Fsp3) is 0.823. The molecule has 1 atom stereocenters. The van der Waals surface area contributed by atoms with Crippen LogP contribution in [0.3, 0.4) is 0 Å². The van der Waals surface area contributed by atoms with E-state index in [9.17, 15) is 14.4 Å². The number of allylic oxidation sites excluding steroid dienone is 8. The van der Waals surface area contributed by atoms with E-state index in [2.05, 4.69) is 69.4 Å². The van der Waals surface area contributed by atoms with Crippen LogP contribution in [0.25, 0.3) is 0 Å². The first kappa shape index (κ1) is 65.4. The van der Waals surface area contributed by atoms with Crippen LogP contribution >= 0.6 is 0 Å². The minimum Gasteiger partial charge on any atom is -0.462 e. The third-order valence-electron chi connectivity index (χ3n) is 13.0. The second-order valence-electron chi connectivity index (χ2n) is 19.9. The SMILES string of the molecule is CCCCCC/C=C\CCCCCCCC(=O)OCC(COC(=O)CCCCCCCCCCCCC/C=C\C/C=C\CCCCCCC)OC(=O)CCCCCCC/C=C\CCCCCCC. The number of carbonyl (C=O) groups excluding carboxylic acids is 3. The number of esters is 3. The van der Waals surface area contributed by atoms with Gasteiger partial charge in [0.2, 0.25) is 0 Å². The Kier molecular flexibility index (Phi) is 54.8. The molecule has 68 heavy (non-hydrogen) atoms. The molecular formula is C62H112O6. The highest BCUT2D eigenvalue weighted by atomic mass is 16.6. The zero-order chi connectivity index (χ0) is 49.3. The van der Waals surface area contributed by atoms with E-state index < -0.39 is 6.10 Å². The van der Waals surface area contributed by atoms with E-state index in [0.717, 1.165) is 83.5 Å². The summed E-state index contributed by atoms with van der Waals surface area (Å²) < 4.78 is 16.9. The third-order valence-corrected chi connectivity index (χ3v) is 13.0. The van der Waals surface area contributed by atoms with Crippen molar-refractivity contribution in [3.63, 3.8) is 0 Å². The first-order valence-electron chi connectivity index (χ1n) is 29.6. The molecule has 0 aliphatic heterocycles. The number of unbranched alkanes of at least 4 members (excludes halogenated alkanes) is 35. The van der Waals surface area contributed by atoms with Gasteiger partial charge in [-0.05, 0) is 103 Å². The smallest absolute Gasteiger partial charge is 0.306 e. The summed E-state index contributed by atoms with van der Waals surface area (Å²) in [5.41, 5.74) is 0. The average molecular weight is 954 g/mol. The standard InChI is InChI=1S/C62H112O6/c1-4-7-10-13-16-19-22-25-27-28-29-30-31-32-33-34-35-38-40-43-46-49-52-55-61(64)67-58-59(57-66-60(63)54-51-48-45-42-39-36-24-21-18-15-12-9-6-3)68-62(65)56-53-50-47-44-41-37-26-23-20-17-14-11-8-5-2/h21-26,28-29,59H,4-20,27,30-58H2,1-3H3/b24-21-,25-22-,26-23-,29-28-. The fourth-order valence-electron chi connectivity index (χ4n) is 8.52. The van der Waals surface area contributed by atoms with Gasteiger partial charge in [-0.15, -0.1) is 0 Å². The summed E-state index contributed by atoms with van der Waals surface area (Å²) in [6.07, 6.45) is 69.6. The molecule has 0 saturated carbocycles. The van der Waals surface area contributed by atoms with Gasteiger partial charge in [-0.3, -0.25) is 14.4 Å². The van der Waals surface area contributed by atoms with E-state index in [0.29, 0.717) is 19.3 Å². The van der Waals surface area contributed by atoms with Crippen LogP contribution in [0.2, 0.25) is 0 Å². The number of carbonyl (C=O) groups is 3. The zero-order valence-corrected chi connectivity index (χ0v) is 45.4. The second-order valence-corrected chi connectivity index (χ2v) is 19.9. The van der Waals surface area contributed by atoms with Crippen LogP contribution in [-0.4, -0.2) is 37.2 Å². The molecule has 396 valence electrons. The van der Waals surface area contributed by atoms with Crippen molar-refractivity contribution in [1.82, 2.24) is 0 Å². The van der Waals surface area contributed by atoms with E-state index in [1.165, 1.54) is 186 Å². The number of ether oxygens (including phenoxy) is 3. The van der Waals surface area contributed by atoms with Crippen molar-refractivity contribution in [1.29, 1.82) is 0 Å². The number of hydrogen-bond acceptors (Lipinski definition) is 6. The monoisotopic (exact) mass is 953 g/mol. The van der Waals surface area contributed by atoms with Gasteiger partial charge in [0.05, 0.1) is 0 Å². The van der Waals surface area contributed by atoms with E-state index in [4.69, 9.17) is 14.2 Å². The summed E-state index contributed by atoms with van der Waals surface area (Å²) in [6, 6.07) is 0. The number of hydrogen-bond donors (Lipinski definition) is 0. The number of rotatable bonds is 54. The molecule has 0 aromatic rings. The highest BCUT2D eigenvalue weighted by Crippen LogP contribution is 2.16. The molecule has 0 aromatic heterocycles. The minimum atomic E-state index is -0.780. The molecule has 0 heterocycles. The molecule has 0 spiro atoms. The van der Waals surface area contributed by atoms with Crippen LogP contribution < -0.4 is 0 Å². The Morgan fingerprint density at radius 2 is 0.529 bits per heavy atom. The van der Waals surface area contributed by atoms with Gasteiger partial charge in [-0.25, -0.2) is 0 Å². The van der Waals surface area contributed by atoms with Gasteiger partial charge in [-0.2, -0.15) is 0 Å². The van der Waals surface area contributed by atoms with Gasteiger partial charge in [0.25, 0.3) is 0 Å². The highest BCUT2D eigenvalue weighted by molar-refractivity contribution is 5.71. The summed E-state index contributed by atoms with van der Waals surface area (Å²) in [6.45, 7) is 6.62. The molecule has 0 saturated heterocycles. The van der Waals surface area contributed by atoms with E-state index in [1.54, 1.807) is 0 Å². The first-order valence-corrected chi connectivity index (χ1v) is 29.6. The van der Waals surface area contributed by atoms with Gasteiger partial charge in [0.1, 0.15) is 13.2 Å². The Bertz CT molecular complexity index is 1190. The van der Waals surface area contributed by atoms with Crippen molar-refractivity contribution in [3.8, 4) is 0 Å². The summed E-state index contributed by atoms with van der Waals surface area (Å²) in [7, 11) is 0. The maximum atomic E-state index is 12.8. The molecule has 0 aliphatic rings. The molecule has 6 nitrogen and oxygen atoms in total. The molecule has 0 bridgehead atoms. The molecule has 6 heteroatoms. The average Bonchev–Trinajstić information content (AvgIpc) is 3.34. The zero-order valence-electron chi connectivity index (χ0n) is 45.4. The Balaban J connectivity index is 4.29. The first-order chi connectivity index (χ1) is 33.5. The second kappa shape index (κ2) is 57.0. The maximum Gasteiger partial charge on any atom is 0.306 e. The van der Waals surface area contributed by atoms with Crippen LogP contribution in [0, 0.1) is 0 Å². The molecule has 0 fully saturated rings. The molecule has 0 amide bonds. The topological polar surface area (TPSA) is 78.9 Å². The maximum absolute atomic E-state index is 12.8. The highest BCUT2D eigenvalue weighted by Gasteiger charge is 2.19. The Morgan fingerprint density at radius 1 is 0.294 bits per heavy atom. The van der Waals surface area contributed by atoms with Crippen LogP contribution in [0.5, 0.6) is 0 Å². The summed E-state index contributed by atoms with van der Waals surface area (Å²) >= 11 is 0. The molecule has 0 radical (unpaired) electrons. The lowest BCUT2D eigenvalue weighted by Crippen LogP contribution is -2.30. The molecule has 0 rings (SSSR count). The minimum absolute atomic E-state index is 0.0784. The van der Waals surface area contributed by atoms with Crippen LogP contribution in [0.4, 0.5) is 0 Å². The third kappa shape index (κ3) is 54.3. The van der Waals surface area contributed by atoms with E-state index in [-0.39, 0.29) is 31.1 Å².